The van der Waals surface area contributed by atoms with Crippen LogP contribution in [0.1, 0.15) is 18.4 Å². The van der Waals surface area contributed by atoms with Crippen LogP contribution in [0.5, 0.6) is 0 Å². The molecule has 1 aromatic heterocycles. The van der Waals surface area contributed by atoms with Gasteiger partial charge in [-0.3, -0.25) is 9.59 Å². The van der Waals surface area contributed by atoms with Gasteiger partial charge in [-0.05, 0) is 29.2 Å². The van der Waals surface area contributed by atoms with E-state index in [9.17, 15) is 9.59 Å². The Morgan fingerprint density at radius 2 is 1.76 bits per heavy atom. The quantitative estimate of drug-likeness (QED) is 0.541. The molecule has 170 valence electrons. The lowest BCUT2D eigenvalue weighted by Crippen LogP contribution is -2.58. The predicted octanol–water partition coefficient (Wildman–Crippen LogP) is 3.25. The third-order valence-electron chi connectivity index (χ3n) is 5.91. The summed E-state index contributed by atoms with van der Waals surface area (Å²) < 4.78 is 0. The topological polar surface area (TPSA) is 78.4 Å². The molecule has 1 fully saturated rings. The average Bonchev–Trinajstić information content (AvgIpc) is 2.86. The summed E-state index contributed by atoms with van der Waals surface area (Å²) in [7, 11) is 1.81. The number of likely N-dealkylation sites (N-methyl/N-ethyl adjacent to an activating group) is 1. The molecule has 7 heteroatoms. The Hall–Kier alpha value is -3.74. The zero-order chi connectivity index (χ0) is 23.0. The minimum Gasteiger partial charge on any atom is -0.354 e. The molecule has 1 N–H and O–H groups in total. The van der Waals surface area contributed by atoms with Gasteiger partial charge >= 0.3 is 0 Å². The zero-order valence-corrected chi connectivity index (χ0v) is 18.9. The second-order valence-electron chi connectivity index (χ2n) is 8.24. The van der Waals surface area contributed by atoms with Crippen molar-refractivity contribution in [2.45, 2.75) is 25.3 Å². The first-order valence-corrected chi connectivity index (χ1v) is 11.3. The summed E-state index contributed by atoms with van der Waals surface area (Å²) in [6, 6.07) is 19.7. The Balaban J connectivity index is 1.41. The Bertz CT molecular complexity index is 1070. The molecule has 1 aliphatic heterocycles. The fraction of sp³-hybridized carbons (Fsp3) is 0.308. The van der Waals surface area contributed by atoms with Crippen molar-refractivity contribution < 1.29 is 9.59 Å². The third-order valence-corrected chi connectivity index (χ3v) is 5.91. The van der Waals surface area contributed by atoms with Gasteiger partial charge in [0.05, 0.1) is 0 Å². The van der Waals surface area contributed by atoms with Crippen LogP contribution >= 0.6 is 0 Å². The highest BCUT2D eigenvalue weighted by atomic mass is 16.2. The highest BCUT2D eigenvalue weighted by molar-refractivity contribution is 5.89. The van der Waals surface area contributed by atoms with Crippen molar-refractivity contribution in [3.05, 3.63) is 78.6 Å². The molecule has 3 aromatic rings. The molecule has 0 spiro atoms. The van der Waals surface area contributed by atoms with E-state index in [-0.39, 0.29) is 11.8 Å². The molecule has 1 saturated heterocycles. The minimum atomic E-state index is -0.479. The summed E-state index contributed by atoms with van der Waals surface area (Å²) in [6.45, 7) is 1.71. The summed E-state index contributed by atoms with van der Waals surface area (Å²) in [5.41, 5.74) is 3.29. The number of nitrogens with zero attached hydrogens (tertiary/aromatic N) is 4. The van der Waals surface area contributed by atoms with E-state index in [2.05, 4.69) is 39.6 Å². The first kappa shape index (κ1) is 22.5. The number of amides is 2. The molecule has 2 aromatic carbocycles. The van der Waals surface area contributed by atoms with Crippen LogP contribution in [0, 0.1) is 0 Å². The number of benzene rings is 2. The van der Waals surface area contributed by atoms with Gasteiger partial charge in [0.15, 0.2) is 0 Å². The van der Waals surface area contributed by atoms with Crippen LogP contribution in [-0.2, 0) is 16.0 Å². The smallest absolute Gasteiger partial charge is 0.245 e. The van der Waals surface area contributed by atoms with Crippen molar-refractivity contribution >= 4 is 17.8 Å². The summed E-state index contributed by atoms with van der Waals surface area (Å²) in [4.78, 5) is 37.8. The van der Waals surface area contributed by atoms with Crippen LogP contribution in [0.25, 0.3) is 11.1 Å². The standard InChI is InChI=1S/C26H29N5O2/c1-30-16-17-31(24(32)12-6-13-27-26-28-14-7-15-29-26)23(25(30)33)19-20-8-5-11-22(18-20)21-9-3-2-4-10-21/h2-5,7-11,14-15,18,23H,6,12-13,16-17,19H2,1H3,(H,27,28,29)/t23-/m0/s1. The number of piperazine rings is 1. The van der Waals surface area contributed by atoms with Crippen LogP contribution < -0.4 is 5.32 Å². The Kier molecular flexibility index (Phi) is 7.29. The van der Waals surface area contributed by atoms with Gasteiger partial charge in [-0.25, -0.2) is 9.97 Å². The molecule has 0 bridgehead atoms. The van der Waals surface area contributed by atoms with Gasteiger partial charge in [-0.1, -0.05) is 54.6 Å². The zero-order valence-electron chi connectivity index (χ0n) is 18.9. The Labute approximate surface area is 194 Å². The van der Waals surface area contributed by atoms with Gasteiger partial charge in [-0.2, -0.15) is 0 Å². The van der Waals surface area contributed by atoms with Gasteiger partial charge in [0, 0.05) is 51.9 Å². The largest absolute Gasteiger partial charge is 0.354 e. The molecule has 1 atom stereocenters. The van der Waals surface area contributed by atoms with Crippen molar-refractivity contribution in [1.29, 1.82) is 0 Å². The number of hydrogen-bond acceptors (Lipinski definition) is 5. The molecule has 0 unspecified atom stereocenters. The highest BCUT2D eigenvalue weighted by Gasteiger charge is 2.35. The summed E-state index contributed by atoms with van der Waals surface area (Å²) in [5, 5.41) is 3.12. The van der Waals surface area contributed by atoms with E-state index in [4.69, 9.17) is 0 Å². The Morgan fingerprint density at radius 3 is 2.55 bits per heavy atom. The van der Waals surface area contributed by atoms with Gasteiger partial charge in [0.25, 0.3) is 0 Å². The molecular weight excluding hydrogens is 414 g/mol. The van der Waals surface area contributed by atoms with E-state index in [1.807, 2.05) is 30.3 Å². The fourth-order valence-electron chi connectivity index (χ4n) is 4.11. The van der Waals surface area contributed by atoms with E-state index in [0.717, 1.165) is 16.7 Å². The van der Waals surface area contributed by atoms with Gasteiger partial charge in [0.2, 0.25) is 17.8 Å². The maximum atomic E-state index is 13.0. The van der Waals surface area contributed by atoms with E-state index in [0.29, 0.717) is 44.8 Å². The van der Waals surface area contributed by atoms with E-state index >= 15 is 0 Å². The average molecular weight is 444 g/mol. The number of carbonyl (C=O) groups is 2. The Morgan fingerprint density at radius 1 is 1.00 bits per heavy atom. The van der Waals surface area contributed by atoms with Crippen LogP contribution in [0.15, 0.2) is 73.1 Å². The normalized spacial score (nSPS) is 16.0. The number of anilines is 1. The van der Waals surface area contributed by atoms with Crippen LogP contribution in [0.4, 0.5) is 5.95 Å². The monoisotopic (exact) mass is 443 g/mol. The predicted molar refractivity (Wildman–Crippen MR) is 128 cm³/mol. The van der Waals surface area contributed by atoms with E-state index in [1.165, 1.54) is 0 Å². The van der Waals surface area contributed by atoms with Crippen LogP contribution in [-0.4, -0.2) is 64.3 Å². The van der Waals surface area contributed by atoms with Crippen molar-refractivity contribution in [3.8, 4) is 11.1 Å². The van der Waals surface area contributed by atoms with Gasteiger partial charge in [-0.15, -0.1) is 0 Å². The van der Waals surface area contributed by atoms with Crippen molar-refractivity contribution in [2.24, 2.45) is 0 Å². The summed E-state index contributed by atoms with van der Waals surface area (Å²) in [5.74, 6) is 0.558. The summed E-state index contributed by atoms with van der Waals surface area (Å²) >= 11 is 0. The highest BCUT2D eigenvalue weighted by Crippen LogP contribution is 2.23. The van der Waals surface area contributed by atoms with Crippen molar-refractivity contribution in [3.63, 3.8) is 0 Å². The molecule has 0 aliphatic carbocycles. The number of aromatic nitrogens is 2. The van der Waals surface area contributed by atoms with Crippen molar-refractivity contribution in [2.75, 3.05) is 32.0 Å². The maximum Gasteiger partial charge on any atom is 0.245 e. The SMILES string of the molecule is CN1CCN(C(=O)CCCNc2ncccn2)[C@@H](Cc2cccc(-c3ccccc3)c2)C1=O. The second kappa shape index (κ2) is 10.7. The number of hydrogen-bond donors (Lipinski definition) is 1. The molecule has 0 saturated carbocycles. The van der Waals surface area contributed by atoms with Crippen LogP contribution in [0.3, 0.4) is 0 Å². The maximum absolute atomic E-state index is 13.0. The van der Waals surface area contributed by atoms with E-state index < -0.39 is 6.04 Å². The molecular formula is C26H29N5O2. The molecule has 0 radical (unpaired) electrons. The number of nitrogens with one attached hydrogen (secondary N) is 1. The second-order valence-corrected chi connectivity index (χ2v) is 8.24. The number of rotatable bonds is 8. The third kappa shape index (κ3) is 5.74. The summed E-state index contributed by atoms with van der Waals surface area (Å²) in [6.07, 6.45) is 4.87. The van der Waals surface area contributed by atoms with E-state index in [1.54, 1.807) is 35.3 Å². The van der Waals surface area contributed by atoms with Gasteiger partial charge in [0.1, 0.15) is 6.04 Å². The molecule has 2 heterocycles. The molecule has 7 nitrogen and oxygen atoms in total. The molecule has 4 rings (SSSR count). The van der Waals surface area contributed by atoms with Crippen molar-refractivity contribution in [1.82, 2.24) is 19.8 Å². The number of carbonyl (C=O) groups excluding carboxylic acids is 2. The lowest BCUT2D eigenvalue weighted by atomic mass is 9.97. The first-order valence-electron chi connectivity index (χ1n) is 11.3. The van der Waals surface area contributed by atoms with Gasteiger partial charge < -0.3 is 15.1 Å². The first-order chi connectivity index (χ1) is 16.1. The molecule has 33 heavy (non-hydrogen) atoms. The molecule has 1 aliphatic rings. The fourth-order valence-corrected chi connectivity index (χ4v) is 4.11. The lowest BCUT2D eigenvalue weighted by molar-refractivity contribution is -0.150. The lowest BCUT2D eigenvalue weighted by Gasteiger charge is -2.39. The minimum absolute atomic E-state index is 0.00414. The molecule has 2 amide bonds. The van der Waals surface area contributed by atoms with Crippen LogP contribution in [0.2, 0.25) is 0 Å².